The normalized spacial score (nSPS) is 11.8. The average Bonchev–Trinajstić information content (AvgIpc) is 2.77. The van der Waals surface area contributed by atoms with Crippen molar-refractivity contribution in [3.63, 3.8) is 0 Å². The van der Waals surface area contributed by atoms with Gasteiger partial charge >= 0.3 is 6.18 Å². The zero-order valence-corrected chi connectivity index (χ0v) is 10.3. The lowest BCUT2D eigenvalue weighted by molar-refractivity contribution is -0.137. The molecule has 0 aliphatic rings. The van der Waals surface area contributed by atoms with Crippen molar-refractivity contribution < 1.29 is 17.6 Å². The quantitative estimate of drug-likeness (QED) is 0.928. The molecule has 0 aliphatic carbocycles. The van der Waals surface area contributed by atoms with Crippen molar-refractivity contribution in [2.75, 3.05) is 7.05 Å². The van der Waals surface area contributed by atoms with E-state index in [1.807, 2.05) is 0 Å². The van der Waals surface area contributed by atoms with Gasteiger partial charge in [0.15, 0.2) is 5.89 Å². The fraction of sp³-hybridized carbons (Fsp3) is 0.308. The summed E-state index contributed by atoms with van der Waals surface area (Å²) in [4.78, 5) is 4.07. The molecule has 2 aromatic rings. The molecule has 0 radical (unpaired) electrons. The van der Waals surface area contributed by atoms with Crippen molar-refractivity contribution in [3.05, 3.63) is 53.2 Å². The lowest BCUT2D eigenvalue weighted by Crippen LogP contribution is -2.04. The number of hydrogen-bond acceptors (Lipinski definition) is 3. The van der Waals surface area contributed by atoms with Crippen LogP contribution in [-0.4, -0.2) is 12.0 Å². The summed E-state index contributed by atoms with van der Waals surface area (Å²) >= 11 is 0. The number of benzene rings is 1. The van der Waals surface area contributed by atoms with Crippen molar-refractivity contribution in [1.29, 1.82) is 0 Å². The van der Waals surface area contributed by atoms with Gasteiger partial charge < -0.3 is 9.73 Å². The van der Waals surface area contributed by atoms with Crippen LogP contribution in [0.1, 0.15) is 22.8 Å². The van der Waals surface area contributed by atoms with E-state index in [1.165, 1.54) is 12.1 Å². The summed E-state index contributed by atoms with van der Waals surface area (Å²) in [6, 6.07) is 5.00. The molecule has 3 nitrogen and oxygen atoms in total. The van der Waals surface area contributed by atoms with Gasteiger partial charge in [0.2, 0.25) is 0 Å². The van der Waals surface area contributed by atoms with Crippen LogP contribution >= 0.6 is 0 Å². The van der Waals surface area contributed by atoms with Crippen molar-refractivity contribution >= 4 is 0 Å². The molecule has 0 atom stereocenters. The monoisotopic (exact) mass is 270 g/mol. The Kier molecular flexibility index (Phi) is 3.90. The molecule has 6 heteroatoms. The Balaban J connectivity index is 2.06. The molecule has 1 N–H and O–H groups in total. The first kappa shape index (κ1) is 13.6. The molecule has 0 fully saturated rings. The molecular formula is C13H13F3N2O. The number of nitrogens with one attached hydrogen (secondary N) is 1. The van der Waals surface area contributed by atoms with E-state index in [0.717, 1.165) is 17.7 Å². The highest BCUT2D eigenvalue weighted by Gasteiger charge is 2.29. The third kappa shape index (κ3) is 3.57. The Morgan fingerprint density at radius 1 is 1.21 bits per heavy atom. The second-order valence-electron chi connectivity index (χ2n) is 4.12. The fourth-order valence-electron chi connectivity index (χ4n) is 1.67. The molecule has 0 amide bonds. The van der Waals surface area contributed by atoms with E-state index in [1.54, 1.807) is 13.2 Å². The molecule has 0 saturated carbocycles. The summed E-state index contributed by atoms with van der Waals surface area (Å²) in [6.45, 7) is 0.569. The van der Waals surface area contributed by atoms with Crippen molar-refractivity contribution in [2.24, 2.45) is 0 Å². The maximum absolute atomic E-state index is 12.4. The number of rotatable bonds is 4. The van der Waals surface area contributed by atoms with Crippen LogP contribution in [0.15, 0.2) is 34.9 Å². The predicted octanol–water partition coefficient (Wildman–Crippen LogP) is 3.00. The van der Waals surface area contributed by atoms with Gasteiger partial charge in [-0.15, -0.1) is 0 Å². The van der Waals surface area contributed by atoms with Gasteiger partial charge in [-0.2, -0.15) is 13.2 Å². The fourth-order valence-corrected chi connectivity index (χ4v) is 1.67. The number of aromatic nitrogens is 1. The van der Waals surface area contributed by atoms with E-state index in [-0.39, 0.29) is 0 Å². The highest BCUT2D eigenvalue weighted by molar-refractivity contribution is 5.26. The van der Waals surface area contributed by atoms with Crippen molar-refractivity contribution in [1.82, 2.24) is 10.3 Å². The summed E-state index contributed by atoms with van der Waals surface area (Å²) in [5.74, 6) is 1.19. The summed E-state index contributed by atoms with van der Waals surface area (Å²) in [5, 5.41) is 2.93. The van der Waals surface area contributed by atoms with Crippen LogP contribution in [0, 0.1) is 0 Å². The Bertz CT molecular complexity index is 532. The van der Waals surface area contributed by atoms with Gasteiger partial charge in [-0.1, -0.05) is 12.1 Å². The minimum absolute atomic E-state index is 0.377. The minimum atomic E-state index is -4.30. The molecule has 0 unspecified atom stereocenters. The number of hydrogen-bond donors (Lipinski definition) is 1. The number of alkyl halides is 3. The zero-order chi connectivity index (χ0) is 13.9. The van der Waals surface area contributed by atoms with Crippen molar-refractivity contribution in [3.8, 4) is 0 Å². The van der Waals surface area contributed by atoms with Gasteiger partial charge in [0.05, 0.1) is 18.3 Å². The highest BCUT2D eigenvalue weighted by Crippen LogP contribution is 2.29. The zero-order valence-electron chi connectivity index (χ0n) is 10.3. The predicted molar refractivity (Wildman–Crippen MR) is 63.5 cm³/mol. The maximum atomic E-state index is 12.4. The van der Waals surface area contributed by atoms with E-state index in [9.17, 15) is 13.2 Å². The lowest BCUT2D eigenvalue weighted by atomic mass is 10.1. The molecule has 0 saturated heterocycles. The molecular weight excluding hydrogens is 257 g/mol. The van der Waals surface area contributed by atoms with E-state index in [4.69, 9.17) is 4.42 Å². The largest absolute Gasteiger partial charge is 0.444 e. The SMILES string of the molecule is CNCc1cnc(Cc2ccc(C(F)(F)F)cc2)o1. The molecule has 1 heterocycles. The van der Waals surface area contributed by atoms with E-state index >= 15 is 0 Å². The minimum Gasteiger partial charge on any atom is -0.444 e. The van der Waals surface area contributed by atoms with E-state index in [2.05, 4.69) is 10.3 Å². The van der Waals surface area contributed by atoms with Crippen LogP contribution in [-0.2, 0) is 19.1 Å². The van der Waals surface area contributed by atoms with E-state index in [0.29, 0.717) is 24.6 Å². The van der Waals surface area contributed by atoms with Crippen LogP contribution in [0.2, 0.25) is 0 Å². The average molecular weight is 270 g/mol. The third-order valence-electron chi connectivity index (χ3n) is 2.59. The molecule has 1 aromatic heterocycles. The Morgan fingerprint density at radius 2 is 1.89 bits per heavy atom. The number of halogens is 3. The third-order valence-corrected chi connectivity index (χ3v) is 2.59. The summed E-state index contributed by atoms with van der Waals surface area (Å²) in [6.07, 6.45) is -2.32. The van der Waals surface area contributed by atoms with Gasteiger partial charge in [-0.3, -0.25) is 0 Å². The van der Waals surface area contributed by atoms with Gasteiger partial charge in [-0.25, -0.2) is 4.98 Å². The molecule has 2 rings (SSSR count). The lowest BCUT2D eigenvalue weighted by Gasteiger charge is -2.06. The van der Waals surface area contributed by atoms with Gasteiger partial charge in [0.1, 0.15) is 5.76 Å². The Morgan fingerprint density at radius 3 is 2.47 bits per heavy atom. The highest BCUT2D eigenvalue weighted by atomic mass is 19.4. The van der Waals surface area contributed by atoms with Crippen LogP contribution in [0.4, 0.5) is 13.2 Å². The molecule has 0 aliphatic heterocycles. The van der Waals surface area contributed by atoms with Crippen LogP contribution in [0.25, 0.3) is 0 Å². The number of oxazole rings is 1. The van der Waals surface area contributed by atoms with Crippen molar-refractivity contribution in [2.45, 2.75) is 19.1 Å². The van der Waals surface area contributed by atoms with Gasteiger partial charge in [0.25, 0.3) is 0 Å². The topological polar surface area (TPSA) is 38.1 Å². The van der Waals surface area contributed by atoms with Gasteiger partial charge in [-0.05, 0) is 24.7 Å². The molecule has 0 spiro atoms. The van der Waals surface area contributed by atoms with Gasteiger partial charge in [0, 0.05) is 6.42 Å². The number of nitrogens with zero attached hydrogens (tertiary/aromatic N) is 1. The van der Waals surface area contributed by atoms with Crippen LogP contribution in [0.5, 0.6) is 0 Å². The molecule has 19 heavy (non-hydrogen) atoms. The Hall–Kier alpha value is -1.82. The standard InChI is InChI=1S/C13H13F3N2O/c1-17-7-11-8-18-12(19-11)6-9-2-4-10(5-3-9)13(14,15)16/h2-5,8,17H,6-7H2,1H3. The second-order valence-corrected chi connectivity index (χ2v) is 4.12. The summed E-state index contributed by atoms with van der Waals surface area (Å²) in [5.41, 5.74) is 0.0744. The van der Waals surface area contributed by atoms with Crippen LogP contribution in [0.3, 0.4) is 0 Å². The summed E-state index contributed by atoms with van der Waals surface area (Å²) in [7, 11) is 1.79. The molecule has 1 aromatic carbocycles. The first-order valence-corrected chi connectivity index (χ1v) is 5.73. The molecule has 102 valence electrons. The first-order chi connectivity index (χ1) is 8.99. The Labute approximate surface area is 108 Å². The molecule has 0 bridgehead atoms. The van der Waals surface area contributed by atoms with Crippen LogP contribution < -0.4 is 5.32 Å². The maximum Gasteiger partial charge on any atom is 0.416 e. The second kappa shape index (κ2) is 5.44. The summed E-state index contributed by atoms with van der Waals surface area (Å²) < 4.78 is 42.6. The van der Waals surface area contributed by atoms with E-state index < -0.39 is 11.7 Å². The first-order valence-electron chi connectivity index (χ1n) is 5.73. The smallest absolute Gasteiger partial charge is 0.416 e.